The van der Waals surface area contributed by atoms with E-state index in [1.54, 1.807) is 36.4 Å². The summed E-state index contributed by atoms with van der Waals surface area (Å²) in [7, 11) is 1.45. The van der Waals surface area contributed by atoms with Gasteiger partial charge in [-0.25, -0.2) is 0 Å². The highest BCUT2D eigenvalue weighted by molar-refractivity contribution is 6.11. The zero-order chi connectivity index (χ0) is 16.8. The molecule has 23 heavy (non-hydrogen) atoms. The third-order valence-corrected chi connectivity index (χ3v) is 3.37. The summed E-state index contributed by atoms with van der Waals surface area (Å²) < 4.78 is 5.18. The van der Waals surface area contributed by atoms with Gasteiger partial charge in [0, 0.05) is 5.56 Å². The first-order valence-corrected chi connectivity index (χ1v) is 6.97. The number of carbonyl (C=O) groups is 2. The van der Waals surface area contributed by atoms with Crippen LogP contribution in [-0.4, -0.2) is 23.9 Å². The lowest BCUT2D eigenvalue weighted by atomic mass is 9.99. The van der Waals surface area contributed by atoms with E-state index in [1.807, 2.05) is 0 Å². The first kappa shape index (κ1) is 16.3. The normalized spacial score (nSPS) is 9.96. The topological polar surface area (TPSA) is 75.6 Å². The number of benzene rings is 2. The van der Waals surface area contributed by atoms with Gasteiger partial charge in [-0.15, -0.1) is 0 Å². The summed E-state index contributed by atoms with van der Waals surface area (Å²) >= 11 is 0. The molecule has 0 bridgehead atoms. The number of amides is 1. The van der Waals surface area contributed by atoms with Crippen molar-refractivity contribution in [1.82, 2.24) is 5.32 Å². The molecule has 0 unspecified atom stereocenters. The quantitative estimate of drug-likeness (QED) is 0.634. The van der Waals surface area contributed by atoms with E-state index in [9.17, 15) is 14.7 Å². The standard InChI is InChI=1S/C18H17NO4/c1-3-16(20)19-11-14-15(23-2)10-9-13(18(14)22)17(21)12-7-5-4-6-8-12/h3-10,22H,1,11H2,2H3,(H,19,20). The summed E-state index contributed by atoms with van der Waals surface area (Å²) in [6.45, 7) is 3.39. The van der Waals surface area contributed by atoms with E-state index < -0.39 is 0 Å². The number of rotatable bonds is 6. The minimum atomic E-state index is -0.383. The van der Waals surface area contributed by atoms with Crippen LogP contribution in [0.4, 0.5) is 0 Å². The smallest absolute Gasteiger partial charge is 0.243 e. The molecule has 0 heterocycles. The van der Waals surface area contributed by atoms with Crippen LogP contribution in [0.2, 0.25) is 0 Å². The van der Waals surface area contributed by atoms with E-state index in [4.69, 9.17) is 4.74 Å². The van der Waals surface area contributed by atoms with Gasteiger partial charge in [0.05, 0.1) is 24.8 Å². The van der Waals surface area contributed by atoms with Crippen molar-refractivity contribution in [3.8, 4) is 11.5 Å². The van der Waals surface area contributed by atoms with Crippen LogP contribution in [-0.2, 0) is 11.3 Å². The number of ether oxygens (including phenoxy) is 1. The van der Waals surface area contributed by atoms with Crippen molar-refractivity contribution in [2.24, 2.45) is 0 Å². The minimum absolute atomic E-state index is 0.0236. The van der Waals surface area contributed by atoms with Gasteiger partial charge in [0.1, 0.15) is 11.5 Å². The van der Waals surface area contributed by atoms with Crippen molar-refractivity contribution in [3.05, 3.63) is 71.8 Å². The zero-order valence-corrected chi connectivity index (χ0v) is 12.7. The molecule has 1 amide bonds. The molecule has 5 nitrogen and oxygen atoms in total. The van der Waals surface area contributed by atoms with Crippen molar-refractivity contribution in [2.75, 3.05) is 7.11 Å². The second-order valence-electron chi connectivity index (χ2n) is 4.76. The van der Waals surface area contributed by atoms with Crippen molar-refractivity contribution in [3.63, 3.8) is 0 Å². The molecule has 0 spiro atoms. The SMILES string of the molecule is C=CC(=O)NCc1c(OC)ccc(C(=O)c2ccccc2)c1O. The second kappa shape index (κ2) is 7.26. The molecule has 0 aliphatic heterocycles. The molecule has 0 saturated carbocycles. The number of carbonyl (C=O) groups excluding carboxylic acids is 2. The summed E-state index contributed by atoms with van der Waals surface area (Å²) in [5.74, 6) is -0.507. The van der Waals surface area contributed by atoms with Gasteiger partial charge in [-0.3, -0.25) is 9.59 Å². The van der Waals surface area contributed by atoms with Gasteiger partial charge >= 0.3 is 0 Å². The van der Waals surface area contributed by atoms with Gasteiger partial charge in [-0.1, -0.05) is 36.9 Å². The number of hydrogen-bond acceptors (Lipinski definition) is 4. The first-order chi connectivity index (χ1) is 11.1. The zero-order valence-electron chi connectivity index (χ0n) is 12.7. The van der Waals surface area contributed by atoms with Gasteiger partial charge in [0.25, 0.3) is 0 Å². The van der Waals surface area contributed by atoms with Crippen LogP contribution in [0.15, 0.2) is 55.1 Å². The van der Waals surface area contributed by atoms with Crippen LogP contribution in [0.1, 0.15) is 21.5 Å². The van der Waals surface area contributed by atoms with E-state index >= 15 is 0 Å². The molecule has 0 aliphatic carbocycles. The predicted molar refractivity (Wildman–Crippen MR) is 86.6 cm³/mol. The molecule has 118 valence electrons. The number of aromatic hydroxyl groups is 1. The van der Waals surface area contributed by atoms with E-state index in [0.717, 1.165) is 6.08 Å². The molecular formula is C18H17NO4. The molecular weight excluding hydrogens is 294 g/mol. The molecule has 5 heteroatoms. The highest BCUT2D eigenvalue weighted by Gasteiger charge is 2.19. The average molecular weight is 311 g/mol. The van der Waals surface area contributed by atoms with Crippen molar-refractivity contribution in [1.29, 1.82) is 0 Å². The van der Waals surface area contributed by atoms with Crippen molar-refractivity contribution < 1.29 is 19.4 Å². The van der Waals surface area contributed by atoms with Crippen LogP contribution < -0.4 is 10.1 Å². The van der Waals surface area contributed by atoms with Crippen LogP contribution in [0.5, 0.6) is 11.5 Å². The molecule has 2 rings (SSSR count). The van der Waals surface area contributed by atoms with Gasteiger partial charge in [0.2, 0.25) is 5.91 Å². The molecule has 2 aromatic carbocycles. The molecule has 0 radical (unpaired) electrons. The Kier molecular flexibility index (Phi) is 5.15. The molecule has 0 fully saturated rings. The number of nitrogens with one attached hydrogen (secondary N) is 1. The Labute approximate surface area is 134 Å². The molecule has 0 aromatic heterocycles. The van der Waals surface area contributed by atoms with E-state index in [-0.39, 0.29) is 29.5 Å². The number of ketones is 1. The van der Waals surface area contributed by atoms with Crippen molar-refractivity contribution >= 4 is 11.7 Å². The predicted octanol–water partition coefficient (Wildman–Crippen LogP) is 2.43. The Balaban J connectivity index is 2.40. The molecule has 0 atom stereocenters. The third-order valence-electron chi connectivity index (χ3n) is 3.37. The highest BCUT2D eigenvalue weighted by Crippen LogP contribution is 2.32. The Morgan fingerprint density at radius 3 is 2.52 bits per heavy atom. The Hall–Kier alpha value is -3.08. The lowest BCUT2D eigenvalue weighted by molar-refractivity contribution is -0.116. The molecule has 2 N–H and O–H groups in total. The summed E-state index contributed by atoms with van der Waals surface area (Å²) in [6, 6.07) is 11.7. The second-order valence-corrected chi connectivity index (χ2v) is 4.76. The molecule has 0 saturated heterocycles. The van der Waals surface area contributed by atoms with E-state index in [2.05, 4.69) is 11.9 Å². The summed E-state index contributed by atoms with van der Waals surface area (Å²) in [5.41, 5.74) is 0.957. The fraction of sp³-hybridized carbons (Fsp3) is 0.111. The van der Waals surface area contributed by atoms with E-state index in [1.165, 1.54) is 13.2 Å². The maximum Gasteiger partial charge on any atom is 0.243 e. The highest BCUT2D eigenvalue weighted by atomic mass is 16.5. The van der Waals surface area contributed by atoms with Gasteiger partial charge in [-0.2, -0.15) is 0 Å². The number of hydrogen-bond donors (Lipinski definition) is 2. The minimum Gasteiger partial charge on any atom is -0.507 e. The van der Waals surface area contributed by atoms with Crippen LogP contribution >= 0.6 is 0 Å². The van der Waals surface area contributed by atoms with E-state index in [0.29, 0.717) is 16.9 Å². The van der Waals surface area contributed by atoms with Crippen molar-refractivity contribution in [2.45, 2.75) is 6.54 Å². The fourth-order valence-corrected chi connectivity index (χ4v) is 2.16. The largest absolute Gasteiger partial charge is 0.507 e. The van der Waals surface area contributed by atoms with Gasteiger partial charge in [0.15, 0.2) is 5.78 Å². The monoisotopic (exact) mass is 311 g/mol. The lowest BCUT2D eigenvalue weighted by Crippen LogP contribution is -2.20. The van der Waals surface area contributed by atoms with Gasteiger partial charge in [-0.05, 0) is 18.2 Å². The third kappa shape index (κ3) is 3.58. The number of phenols is 1. The summed E-state index contributed by atoms with van der Waals surface area (Å²) in [5, 5.41) is 13.0. The van der Waals surface area contributed by atoms with Crippen LogP contribution in [0.3, 0.4) is 0 Å². The molecule has 2 aromatic rings. The lowest BCUT2D eigenvalue weighted by Gasteiger charge is -2.14. The fourth-order valence-electron chi connectivity index (χ4n) is 2.16. The first-order valence-electron chi connectivity index (χ1n) is 6.97. The number of phenolic OH excluding ortho intramolecular Hbond substituents is 1. The average Bonchev–Trinajstić information content (AvgIpc) is 2.60. The Morgan fingerprint density at radius 1 is 1.22 bits per heavy atom. The van der Waals surface area contributed by atoms with Gasteiger partial charge < -0.3 is 15.2 Å². The van der Waals surface area contributed by atoms with Crippen LogP contribution in [0.25, 0.3) is 0 Å². The maximum absolute atomic E-state index is 12.5. The Bertz CT molecular complexity index is 738. The summed E-state index contributed by atoms with van der Waals surface area (Å²) in [6.07, 6.45) is 1.13. The number of methoxy groups -OCH3 is 1. The Morgan fingerprint density at radius 2 is 1.91 bits per heavy atom. The summed E-state index contributed by atoms with van der Waals surface area (Å²) in [4.78, 5) is 23.8. The van der Waals surface area contributed by atoms with Crippen LogP contribution in [0, 0.1) is 0 Å². The molecule has 0 aliphatic rings. The maximum atomic E-state index is 12.5.